The molecule has 1 aliphatic carbocycles. The minimum atomic E-state index is -1.86. The normalized spacial score (nSPS) is 10.3. The summed E-state index contributed by atoms with van der Waals surface area (Å²) in [6.45, 7) is -10.9. The second-order valence-electron chi connectivity index (χ2n) is 24.6. The van der Waals surface area contributed by atoms with Crippen LogP contribution < -0.4 is 716 Å². The van der Waals surface area contributed by atoms with Crippen LogP contribution in [0.3, 0.4) is 0 Å². The quantitative estimate of drug-likeness (QED) is 0.0329. The molecule has 0 N–H and O–H groups in total. The fourth-order valence-electron chi connectivity index (χ4n) is 12.3. The van der Waals surface area contributed by atoms with Gasteiger partial charge in [-0.1, -0.05) is 97.1 Å². The van der Waals surface area contributed by atoms with E-state index in [4.69, 9.17) is 18.9 Å². The Hall–Kier alpha value is 5.44. The maximum atomic E-state index is 13.0. The van der Waals surface area contributed by atoms with Crippen LogP contribution in [0.25, 0.3) is 0 Å². The van der Waals surface area contributed by atoms with Gasteiger partial charge in [-0.2, -0.15) is 0 Å². The minimum absolute atomic E-state index is 0. The molecule has 0 saturated heterocycles. The molecule has 1 aliphatic rings. The van der Waals surface area contributed by atoms with Crippen LogP contribution in [0.4, 0.5) is 22.7 Å². The second kappa shape index (κ2) is 66.0. The largest absolute Gasteiger partial charge is 1.00 e. The number of hydrogen-bond acceptors (Lipinski definition) is 32. The Morgan fingerprint density at radius 2 is 0.367 bits per heavy atom. The number of carboxylic acids is 12. The summed E-state index contributed by atoms with van der Waals surface area (Å²) in [6.07, 6.45) is -2.90. The molecule has 0 aromatic heterocycles. The third-order valence-corrected chi connectivity index (χ3v) is 16.8. The van der Waals surface area contributed by atoms with E-state index in [2.05, 4.69) is 0 Å². The maximum absolute atomic E-state index is 13.0. The molecule has 32 nitrogen and oxygen atoms in total. The Morgan fingerprint density at radius 1 is 0.225 bits per heavy atom. The van der Waals surface area contributed by atoms with Crippen molar-refractivity contribution in [3.8, 4) is 23.0 Å². The van der Waals surface area contributed by atoms with Crippen molar-refractivity contribution in [1.29, 1.82) is 0 Å². The Balaban J connectivity index is -0.00000561. The molecule has 0 radical (unpaired) electrons. The van der Waals surface area contributed by atoms with Crippen molar-refractivity contribution in [2.45, 2.75) is 51.9 Å². The molecule has 9 rings (SSSR count). The number of carbonyl (C=O) groups is 12. The van der Waals surface area contributed by atoms with Crippen LogP contribution in [0.5, 0.6) is 23.0 Å². The van der Waals surface area contributed by atoms with E-state index in [0.717, 1.165) is 48.5 Å². The molecule has 560 valence electrons. The van der Waals surface area contributed by atoms with Gasteiger partial charge in [0.05, 0.1) is 97.8 Å². The van der Waals surface area contributed by atoms with Crippen LogP contribution in [-0.4, -0.2) is 124 Å². The van der Waals surface area contributed by atoms with Crippen molar-refractivity contribution < 1.29 is 754 Å². The molecule has 0 fully saturated rings. The van der Waals surface area contributed by atoms with Gasteiger partial charge in [-0.3, -0.25) is 0 Å². The molecular formula is C76H56K12N4O28. The van der Waals surface area contributed by atoms with Gasteiger partial charge in [0, 0.05) is 119 Å². The number of fused-ring (bicyclic) bond motifs is 8. The average Bonchev–Trinajstić information content (AvgIpc) is 0.762. The first-order chi connectivity index (χ1) is 51.3. The van der Waals surface area contributed by atoms with E-state index in [1.54, 1.807) is 0 Å². The molecular weight excluding hydrogens is 1890 g/mol. The number of ether oxygens (including phenoxy) is 4. The third kappa shape index (κ3) is 42.2. The van der Waals surface area contributed by atoms with Crippen LogP contribution in [0, 0.1) is 0 Å². The van der Waals surface area contributed by atoms with Gasteiger partial charge in [0.15, 0.2) is 0 Å². The summed E-state index contributed by atoms with van der Waals surface area (Å²) in [5.41, 5.74) is -2.23. The Kier molecular flexibility index (Phi) is 72.5. The predicted molar refractivity (Wildman–Crippen MR) is 346 cm³/mol. The number of nitrogens with zero attached hydrogens (tertiary/aromatic N) is 4. The number of hydrogen-bond donors (Lipinski definition) is 0. The summed E-state index contributed by atoms with van der Waals surface area (Å²) in [4.78, 5) is 155. The fraction of sp³-hybridized carbons (Fsp3) is 0.211. The van der Waals surface area contributed by atoms with Gasteiger partial charge in [0.2, 0.25) is 0 Å². The van der Waals surface area contributed by atoms with Gasteiger partial charge in [-0.15, -0.1) is 0 Å². The van der Waals surface area contributed by atoms with Gasteiger partial charge in [0.25, 0.3) is 0 Å². The van der Waals surface area contributed by atoms with E-state index in [-0.39, 0.29) is 728 Å². The van der Waals surface area contributed by atoms with Gasteiger partial charge in [-0.05, 0) is 93.0 Å². The predicted octanol–water partition coefficient (Wildman–Crippen LogP) is -44.6. The Labute approximate surface area is 1200 Å². The van der Waals surface area contributed by atoms with E-state index in [1.165, 1.54) is 117 Å². The number of carboxylic acid groups (broad SMARTS) is 12. The van der Waals surface area contributed by atoms with Gasteiger partial charge in [0.1, 0.15) is 49.4 Å². The van der Waals surface area contributed by atoms with Crippen molar-refractivity contribution in [2.75, 3.05) is 72.2 Å². The Bertz CT molecular complexity index is 4190. The first kappa shape index (κ1) is 132. The van der Waals surface area contributed by atoms with E-state index >= 15 is 0 Å². The number of carbonyl (C=O) groups excluding carboxylic acids is 12. The van der Waals surface area contributed by atoms with Gasteiger partial charge >= 0.3 is 617 Å². The molecule has 0 saturated carbocycles. The minimum Gasteiger partial charge on any atom is -0.548 e. The summed E-state index contributed by atoms with van der Waals surface area (Å²) < 4.78 is 24.6. The summed E-state index contributed by atoms with van der Waals surface area (Å²) in [6, 6.07) is 29.9. The molecule has 0 aliphatic heterocycles. The van der Waals surface area contributed by atoms with Crippen LogP contribution in [0.15, 0.2) is 146 Å². The van der Waals surface area contributed by atoms with Crippen molar-refractivity contribution >= 4 is 94.4 Å². The molecule has 120 heavy (non-hydrogen) atoms. The van der Waals surface area contributed by atoms with Crippen molar-refractivity contribution in [3.63, 3.8) is 0 Å². The van der Waals surface area contributed by atoms with Gasteiger partial charge in [-0.25, -0.2) is 0 Å². The number of rotatable bonds is 36. The van der Waals surface area contributed by atoms with Crippen molar-refractivity contribution in [2.24, 2.45) is 0 Å². The molecule has 0 atom stereocenters. The summed E-state index contributed by atoms with van der Waals surface area (Å²) in [5, 5.41) is 151. The van der Waals surface area contributed by atoms with Crippen molar-refractivity contribution in [1.82, 2.24) is 0 Å². The molecule has 44 heteroatoms. The average molecular weight is 1940 g/mol. The number of aromatic carboxylic acids is 4. The molecule has 8 aromatic carbocycles. The summed E-state index contributed by atoms with van der Waals surface area (Å²) in [5.74, 6) is -22.3. The van der Waals surface area contributed by atoms with Crippen LogP contribution in [0.2, 0.25) is 0 Å². The molecule has 0 heterocycles. The van der Waals surface area contributed by atoms with Crippen molar-refractivity contribution in [3.05, 3.63) is 235 Å². The number of anilines is 4. The first-order valence-corrected chi connectivity index (χ1v) is 32.3. The fourth-order valence-corrected chi connectivity index (χ4v) is 12.3. The summed E-state index contributed by atoms with van der Waals surface area (Å²) in [7, 11) is 0. The zero-order valence-electron chi connectivity index (χ0n) is 68.4. The molecule has 0 spiro atoms. The topological polar surface area (TPSA) is 531 Å². The van der Waals surface area contributed by atoms with Crippen LogP contribution >= 0.6 is 0 Å². The zero-order valence-corrected chi connectivity index (χ0v) is 106. The smallest absolute Gasteiger partial charge is 0.548 e. The zero-order chi connectivity index (χ0) is 78.2. The van der Waals surface area contributed by atoms with E-state index < -0.39 is 199 Å². The molecule has 8 bridgehead atoms. The maximum Gasteiger partial charge on any atom is 1.00 e. The SMILES string of the molecule is O=C([O-])COc1c2cc(N(CC(=O)[O-])Cc3ccc(C(=O)[O-])cc3)cc1Cc1cc(N(CC(=O)[O-])Cc3ccc(C(=O)[O-])cc3)cc(c1OCC(=O)[O-])Cc1cc(N(CC(=O)[O-])Cc3ccc(C(=O)[O-])cc3)cc(c1OCC(=O)[O-])Cc1cc(N(CC(=O)[O-])Cc3ccc(C(=O)[O-])cc3)cc(c1OCC(=O)[O-])C2.[K+].[K+].[K+].[K+].[K+].[K+].[K+].[K+].[K+].[K+].[K+].[K+]. The summed E-state index contributed by atoms with van der Waals surface area (Å²) >= 11 is 0. The first-order valence-electron chi connectivity index (χ1n) is 32.3. The van der Waals surface area contributed by atoms with Gasteiger partial charge < -0.3 is 157 Å². The molecule has 8 aromatic rings. The molecule has 0 amide bonds. The second-order valence-corrected chi connectivity index (χ2v) is 24.6. The number of aliphatic carboxylic acids is 8. The third-order valence-electron chi connectivity index (χ3n) is 16.8. The van der Waals surface area contributed by atoms with Crippen LogP contribution in [-0.2, 0) is 90.2 Å². The number of benzene rings is 8. The Morgan fingerprint density at radius 3 is 0.483 bits per heavy atom. The standard InChI is InChI=1S/C76H68N4O28.12K/c81-61(82)33-77(29-41-1-9-45(10-2-41)73(97)98)57-21-49-17-51-23-58(78(34-62(83)84)30-42-3-11-46(12-4-42)74(99)100)25-53(70(51)106-38-66(91)92)19-55-27-60(80(36-64(87)88)32-44-7-15-48(16-8-44)76(103)104)28-56(72(55)108-40-68(95)96)20-54-26-59(79(35-63(85)86)31-43-5-13-47(14-6-43)75(101)102)24-52(71(54)107-39-67(93)94)18-50(22-57)69(49)105-37-65(89)90;;;;;;;;;;;;/h1-16,21-28H,17-20,29-40H2,(H,81,82)(H,83,84)(H,85,86)(H,87,88)(H,89,90)(H,91,92)(H,93,94)(H,95,96)(H,97,98)(H,99,100)(H,101,102)(H,103,104);;;;;;;;;;;;/q;12*+1/p-12. The van der Waals surface area contributed by atoms with E-state index in [9.17, 15) is 119 Å². The van der Waals surface area contributed by atoms with E-state index in [0.29, 0.717) is 0 Å². The van der Waals surface area contributed by atoms with Crippen LogP contribution in [0.1, 0.15) is 108 Å². The van der Waals surface area contributed by atoms with E-state index in [1.807, 2.05) is 0 Å². The monoisotopic (exact) mass is 1940 g/mol. The molecule has 0 unspecified atom stereocenters.